The van der Waals surface area contributed by atoms with Crippen LogP contribution in [0.1, 0.15) is 5.82 Å². The van der Waals surface area contributed by atoms with Gasteiger partial charge in [-0.3, -0.25) is 5.10 Å². The molecule has 0 saturated heterocycles. The Morgan fingerprint density at radius 1 is 1.50 bits per heavy atom. The smallest absolute Gasteiger partial charge is 0.257 e. The topological polar surface area (TPSA) is 90.3 Å². The highest BCUT2D eigenvalue weighted by atomic mass is 19.4. The molecule has 0 amide bonds. The van der Waals surface area contributed by atoms with Crippen LogP contribution in [0.4, 0.5) is 19.1 Å². The number of alkyl halides is 3. The largest absolute Gasteiger partial charge is 0.453 e. The van der Waals surface area contributed by atoms with Gasteiger partial charge in [0, 0.05) is 4.91 Å². The lowest BCUT2D eigenvalue weighted by Gasteiger charge is -1.96. The summed E-state index contributed by atoms with van der Waals surface area (Å²) in [6.45, 7) is 0. The molecule has 0 saturated carbocycles. The molecule has 0 spiro atoms. The van der Waals surface area contributed by atoms with Gasteiger partial charge < -0.3 is 0 Å². The van der Waals surface area contributed by atoms with E-state index in [-0.39, 0.29) is 0 Å². The molecule has 0 fully saturated rings. The van der Waals surface area contributed by atoms with E-state index in [2.05, 4.69) is 20.1 Å². The Bertz CT molecular complexity index is 319. The number of azide groups is 1. The third-order valence-electron chi connectivity index (χ3n) is 0.867. The Labute approximate surface area is 63.0 Å². The van der Waals surface area contributed by atoms with Gasteiger partial charge in [0.2, 0.25) is 5.95 Å². The van der Waals surface area contributed by atoms with Gasteiger partial charge in [-0.2, -0.15) is 13.2 Å². The molecule has 0 bridgehead atoms. The van der Waals surface area contributed by atoms with Crippen LogP contribution in [-0.2, 0) is 6.18 Å². The summed E-state index contributed by atoms with van der Waals surface area (Å²) in [6.07, 6.45) is -4.63. The Balaban J connectivity index is 2.99. The first kappa shape index (κ1) is 8.34. The van der Waals surface area contributed by atoms with Crippen LogP contribution >= 0.6 is 0 Å². The van der Waals surface area contributed by atoms with Crippen molar-refractivity contribution in [1.82, 2.24) is 15.2 Å². The molecule has 6 nitrogen and oxygen atoms in total. The molecule has 1 aromatic heterocycles. The Morgan fingerprint density at radius 2 is 2.17 bits per heavy atom. The number of H-pyrrole nitrogens is 1. The fourth-order valence-corrected chi connectivity index (χ4v) is 0.467. The maximum Gasteiger partial charge on any atom is 0.453 e. The normalized spacial score (nSPS) is 10.9. The van der Waals surface area contributed by atoms with E-state index in [1.165, 1.54) is 0 Å². The Kier molecular flexibility index (Phi) is 1.88. The number of aromatic amines is 1. The molecule has 0 aliphatic rings. The summed E-state index contributed by atoms with van der Waals surface area (Å²) in [7, 11) is 0. The summed E-state index contributed by atoms with van der Waals surface area (Å²) >= 11 is 0. The number of nitrogens with one attached hydrogen (secondary N) is 1. The van der Waals surface area contributed by atoms with Gasteiger partial charge in [0.15, 0.2) is 0 Å². The molecule has 0 aromatic carbocycles. The lowest BCUT2D eigenvalue weighted by molar-refractivity contribution is -0.144. The second-order valence-corrected chi connectivity index (χ2v) is 1.67. The first-order valence-electron chi connectivity index (χ1n) is 2.58. The van der Waals surface area contributed by atoms with Crippen LogP contribution in [-0.4, -0.2) is 15.2 Å². The molecule has 9 heteroatoms. The van der Waals surface area contributed by atoms with E-state index in [0.717, 1.165) is 0 Å². The number of hydrogen-bond donors (Lipinski definition) is 1. The van der Waals surface area contributed by atoms with Crippen molar-refractivity contribution in [2.45, 2.75) is 6.18 Å². The predicted octanol–water partition coefficient (Wildman–Crippen LogP) is 1.77. The van der Waals surface area contributed by atoms with Crippen molar-refractivity contribution < 1.29 is 13.2 Å². The summed E-state index contributed by atoms with van der Waals surface area (Å²) in [4.78, 5) is 5.08. The fourth-order valence-electron chi connectivity index (χ4n) is 0.467. The Hall–Kier alpha value is -1.76. The lowest BCUT2D eigenvalue weighted by atomic mass is 10.6. The first-order valence-corrected chi connectivity index (χ1v) is 2.58. The molecular weight excluding hydrogens is 177 g/mol. The van der Waals surface area contributed by atoms with E-state index in [4.69, 9.17) is 5.53 Å². The van der Waals surface area contributed by atoms with Crippen molar-refractivity contribution in [1.29, 1.82) is 0 Å². The summed E-state index contributed by atoms with van der Waals surface area (Å²) in [5.41, 5.74) is 7.82. The minimum absolute atomic E-state index is 0.509. The van der Waals surface area contributed by atoms with Crippen LogP contribution in [0.2, 0.25) is 0 Å². The molecule has 1 heterocycles. The van der Waals surface area contributed by atoms with Crippen molar-refractivity contribution in [2.75, 3.05) is 0 Å². The minimum Gasteiger partial charge on any atom is -0.257 e. The summed E-state index contributed by atoms with van der Waals surface area (Å²) < 4.78 is 35.3. The second-order valence-electron chi connectivity index (χ2n) is 1.67. The van der Waals surface area contributed by atoms with Gasteiger partial charge in [-0.25, -0.2) is 4.98 Å². The summed E-state index contributed by atoms with van der Waals surface area (Å²) in [5, 5.41) is 7.38. The zero-order valence-corrected chi connectivity index (χ0v) is 5.37. The van der Waals surface area contributed by atoms with Crippen molar-refractivity contribution in [3.8, 4) is 0 Å². The van der Waals surface area contributed by atoms with Crippen molar-refractivity contribution >= 4 is 5.95 Å². The van der Waals surface area contributed by atoms with Crippen LogP contribution in [0.3, 0.4) is 0 Å². The van der Waals surface area contributed by atoms with Crippen LogP contribution in [0.25, 0.3) is 10.4 Å². The first-order chi connectivity index (χ1) is 5.54. The number of aromatic nitrogens is 3. The maximum atomic E-state index is 11.8. The average Bonchev–Trinajstić information content (AvgIpc) is 2.35. The fraction of sp³-hybridized carbons (Fsp3) is 0.333. The average molecular weight is 178 g/mol. The number of rotatable bonds is 1. The quantitative estimate of drug-likeness (QED) is 0.403. The van der Waals surface area contributed by atoms with Gasteiger partial charge in [-0.05, 0) is 10.6 Å². The zero-order chi connectivity index (χ0) is 9.19. The van der Waals surface area contributed by atoms with Gasteiger partial charge in [0.05, 0.1) is 0 Å². The van der Waals surface area contributed by atoms with Crippen molar-refractivity contribution in [2.24, 2.45) is 5.11 Å². The standard InChI is InChI=1S/C3HF3N6/c4-3(5,6)1-8-2(10-9-1)11-12-7/h(H,8,9,10). The van der Waals surface area contributed by atoms with Crippen LogP contribution in [0, 0.1) is 0 Å². The van der Waals surface area contributed by atoms with Gasteiger partial charge in [0.25, 0.3) is 5.82 Å². The molecule has 0 radical (unpaired) electrons. The highest BCUT2D eigenvalue weighted by Gasteiger charge is 2.35. The summed E-state index contributed by atoms with van der Waals surface area (Å²) in [6, 6.07) is 0. The SMILES string of the molecule is [N-]=[N+]=Nc1nc(C(F)(F)F)n[nH]1. The van der Waals surface area contributed by atoms with Gasteiger partial charge in [-0.1, -0.05) is 0 Å². The predicted molar refractivity (Wildman–Crippen MR) is 30.2 cm³/mol. The molecule has 64 valence electrons. The molecule has 0 unspecified atom stereocenters. The molecule has 1 aromatic rings. The summed E-state index contributed by atoms with van der Waals surface area (Å²) in [5.74, 6) is -1.87. The molecule has 1 rings (SSSR count). The monoisotopic (exact) mass is 178 g/mol. The van der Waals surface area contributed by atoms with E-state index in [1.54, 1.807) is 0 Å². The molecule has 0 aliphatic heterocycles. The molecule has 0 aliphatic carbocycles. The highest BCUT2D eigenvalue weighted by molar-refractivity contribution is 5.13. The van der Waals surface area contributed by atoms with E-state index in [1.807, 2.05) is 5.10 Å². The van der Waals surface area contributed by atoms with E-state index in [0.29, 0.717) is 0 Å². The maximum absolute atomic E-state index is 11.8. The second kappa shape index (κ2) is 2.70. The van der Waals surface area contributed by atoms with Gasteiger partial charge in [-0.15, -0.1) is 5.10 Å². The van der Waals surface area contributed by atoms with E-state index in [9.17, 15) is 13.2 Å². The molecule has 1 N–H and O–H groups in total. The van der Waals surface area contributed by atoms with E-state index >= 15 is 0 Å². The van der Waals surface area contributed by atoms with Crippen molar-refractivity contribution in [3.05, 3.63) is 16.3 Å². The lowest BCUT2D eigenvalue weighted by Crippen LogP contribution is -2.07. The molecule has 12 heavy (non-hydrogen) atoms. The zero-order valence-electron chi connectivity index (χ0n) is 5.37. The van der Waals surface area contributed by atoms with Crippen LogP contribution in [0.15, 0.2) is 5.11 Å². The van der Waals surface area contributed by atoms with Gasteiger partial charge >= 0.3 is 6.18 Å². The van der Waals surface area contributed by atoms with E-state index < -0.39 is 17.9 Å². The highest BCUT2D eigenvalue weighted by Crippen LogP contribution is 2.26. The third-order valence-corrected chi connectivity index (χ3v) is 0.867. The minimum atomic E-state index is -4.63. The van der Waals surface area contributed by atoms with Crippen LogP contribution < -0.4 is 0 Å². The number of nitrogens with zero attached hydrogens (tertiary/aromatic N) is 5. The number of hydrogen-bond acceptors (Lipinski definition) is 3. The third kappa shape index (κ3) is 1.64. The van der Waals surface area contributed by atoms with Gasteiger partial charge in [0.1, 0.15) is 0 Å². The molecule has 0 atom stereocenters. The Morgan fingerprint density at radius 3 is 2.58 bits per heavy atom. The molecular formula is C3HF3N6. The number of halogens is 3. The van der Waals surface area contributed by atoms with Crippen LogP contribution in [0.5, 0.6) is 0 Å². The van der Waals surface area contributed by atoms with Crippen molar-refractivity contribution in [3.63, 3.8) is 0 Å².